The summed E-state index contributed by atoms with van der Waals surface area (Å²) in [6, 6.07) is 15.6. The van der Waals surface area contributed by atoms with E-state index >= 15 is 0 Å². The van der Waals surface area contributed by atoms with Crippen LogP contribution in [0, 0.1) is 0 Å². The highest BCUT2D eigenvalue weighted by atomic mass is 16.5. The van der Waals surface area contributed by atoms with E-state index in [1.54, 1.807) is 0 Å². The summed E-state index contributed by atoms with van der Waals surface area (Å²) < 4.78 is 5.65. The number of hydrogen-bond donors (Lipinski definition) is 0. The van der Waals surface area contributed by atoms with Crippen molar-refractivity contribution in [1.82, 2.24) is 14.7 Å². The summed E-state index contributed by atoms with van der Waals surface area (Å²) in [5.41, 5.74) is 5.15. The van der Waals surface area contributed by atoms with Crippen LogP contribution in [0.4, 0.5) is 0 Å². The topological polar surface area (TPSA) is 36.0 Å². The molecule has 2 heterocycles. The molecule has 0 radical (unpaired) electrons. The Labute approximate surface area is 200 Å². The predicted octanol–water partition coefficient (Wildman–Crippen LogP) is 4.69. The third-order valence-electron chi connectivity index (χ3n) is 6.53. The van der Waals surface area contributed by atoms with Gasteiger partial charge in [-0.2, -0.15) is 0 Å². The van der Waals surface area contributed by atoms with E-state index in [4.69, 9.17) is 4.74 Å². The molecule has 2 aliphatic rings. The number of rotatable bonds is 6. The number of amides is 1. The van der Waals surface area contributed by atoms with Crippen molar-refractivity contribution < 1.29 is 9.53 Å². The van der Waals surface area contributed by atoms with Crippen molar-refractivity contribution in [2.24, 2.45) is 0 Å². The van der Waals surface area contributed by atoms with Gasteiger partial charge in [-0.25, -0.2) is 0 Å². The van der Waals surface area contributed by atoms with Gasteiger partial charge in [0.15, 0.2) is 0 Å². The number of nitrogens with zero attached hydrogens (tertiary/aromatic N) is 3. The van der Waals surface area contributed by atoms with Crippen molar-refractivity contribution in [3.8, 4) is 16.9 Å². The summed E-state index contributed by atoms with van der Waals surface area (Å²) in [4.78, 5) is 19.6. The number of piperazine rings is 1. The summed E-state index contributed by atoms with van der Waals surface area (Å²) in [7, 11) is 0. The van der Waals surface area contributed by atoms with Crippen molar-refractivity contribution in [2.45, 2.75) is 53.6 Å². The van der Waals surface area contributed by atoms with Crippen molar-refractivity contribution in [3.05, 3.63) is 53.6 Å². The van der Waals surface area contributed by atoms with Crippen LogP contribution >= 0.6 is 0 Å². The van der Waals surface area contributed by atoms with E-state index in [2.05, 4.69) is 54.0 Å². The standard InChI is InChI=1S/C26H35N3O2.C2H6/c1-4-31-25-7-5-6-21(17-25)22-8-9-24-18-27(11-10-23(24)16-22)19-26(30)29-14-12-28(13-15-29)20(2)3;1-2/h5-9,16-17,20H,4,10-15,18-19H2,1-3H3;1-2H3. The highest BCUT2D eigenvalue weighted by Gasteiger charge is 2.25. The van der Waals surface area contributed by atoms with Gasteiger partial charge in [0.2, 0.25) is 5.91 Å². The first-order valence-corrected chi connectivity index (χ1v) is 12.6. The van der Waals surface area contributed by atoms with Crippen LogP contribution in [-0.2, 0) is 17.8 Å². The molecule has 2 aromatic carbocycles. The lowest BCUT2D eigenvalue weighted by molar-refractivity contribution is -0.134. The Kier molecular flexibility index (Phi) is 9.33. The number of hydrogen-bond acceptors (Lipinski definition) is 4. The lowest BCUT2D eigenvalue weighted by Crippen LogP contribution is -2.53. The molecule has 180 valence electrons. The molecule has 4 rings (SSSR count). The number of carbonyl (C=O) groups excluding carboxylic acids is 1. The van der Waals surface area contributed by atoms with Crippen LogP contribution in [0.1, 0.15) is 45.7 Å². The van der Waals surface area contributed by atoms with Crippen molar-refractivity contribution in [1.29, 1.82) is 0 Å². The van der Waals surface area contributed by atoms with Crippen LogP contribution in [0.5, 0.6) is 5.75 Å². The highest BCUT2D eigenvalue weighted by Crippen LogP contribution is 2.28. The zero-order chi connectivity index (χ0) is 23.8. The molecule has 5 heteroatoms. The Bertz CT molecular complexity index is 904. The van der Waals surface area contributed by atoms with Gasteiger partial charge in [-0.1, -0.05) is 44.2 Å². The van der Waals surface area contributed by atoms with Crippen LogP contribution in [0.3, 0.4) is 0 Å². The summed E-state index contributed by atoms with van der Waals surface area (Å²) in [5.74, 6) is 1.19. The number of benzene rings is 2. The monoisotopic (exact) mass is 451 g/mol. The molecule has 5 nitrogen and oxygen atoms in total. The second-order valence-corrected chi connectivity index (χ2v) is 8.92. The molecule has 2 aliphatic heterocycles. The van der Waals surface area contributed by atoms with Crippen molar-refractivity contribution >= 4 is 5.91 Å². The van der Waals surface area contributed by atoms with Gasteiger partial charge in [-0.15, -0.1) is 0 Å². The molecule has 2 aromatic rings. The fourth-order valence-electron chi connectivity index (χ4n) is 4.64. The van der Waals surface area contributed by atoms with E-state index in [0.29, 0.717) is 19.2 Å². The molecular weight excluding hydrogens is 410 g/mol. The maximum Gasteiger partial charge on any atom is 0.236 e. The predicted molar refractivity (Wildman–Crippen MR) is 137 cm³/mol. The zero-order valence-electron chi connectivity index (χ0n) is 21.1. The normalized spacial score (nSPS) is 16.7. The Morgan fingerprint density at radius 1 is 0.939 bits per heavy atom. The summed E-state index contributed by atoms with van der Waals surface area (Å²) in [5, 5.41) is 0. The van der Waals surface area contributed by atoms with E-state index in [0.717, 1.165) is 51.4 Å². The van der Waals surface area contributed by atoms with Crippen molar-refractivity contribution in [2.75, 3.05) is 45.9 Å². The van der Waals surface area contributed by atoms with Gasteiger partial charge in [0, 0.05) is 45.3 Å². The first kappa shape index (κ1) is 25.3. The first-order chi connectivity index (χ1) is 16.0. The van der Waals surface area contributed by atoms with Crippen LogP contribution < -0.4 is 4.74 Å². The smallest absolute Gasteiger partial charge is 0.236 e. The molecule has 0 unspecified atom stereocenters. The number of carbonyl (C=O) groups is 1. The van der Waals surface area contributed by atoms with E-state index < -0.39 is 0 Å². The molecule has 33 heavy (non-hydrogen) atoms. The zero-order valence-corrected chi connectivity index (χ0v) is 21.1. The average molecular weight is 452 g/mol. The van der Waals surface area contributed by atoms with Crippen LogP contribution in [0.25, 0.3) is 11.1 Å². The van der Waals surface area contributed by atoms with Gasteiger partial charge in [0.05, 0.1) is 13.2 Å². The molecule has 0 N–H and O–H groups in total. The van der Waals surface area contributed by atoms with E-state index in [-0.39, 0.29) is 5.91 Å². The highest BCUT2D eigenvalue weighted by molar-refractivity contribution is 5.78. The molecule has 0 saturated carbocycles. The SMILES string of the molecule is CC.CCOc1cccc(-c2ccc3c(c2)CCN(CC(=O)N2CCN(C(C)C)CC2)C3)c1. The molecule has 0 aromatic heterocycles. The largest absolute Gasteiger partial charge is 0.494 e. The maximum absolute atomic E-state index is 12.8. The molecular formula is C28H41N3O2. The summed E-state index contributed by atoms with van der Waals surface area (Å²) in [6.07, 6.45) is 0.989. The van der Waals surface area contributed by atoms with E-state index in [9.17, 15) is 4.79 Å². The van der Waals surface area contributed by atoms with Gasteiger partial charge in [-0.05, 0) is 61.6 Å². The molecule has 0 spiro atoms. The van der Waals surface area contributed by atoms with E-state index in [1.165, 1.54) is 22.3 Å². The second-order valence-electron chi connectivity index (χ2n) is 8.92. The molecule has 1 amide bonds. The van der Waals surface area contributed by atoms with Crippen LogP contribution in [0.2, 0.25) is 0 Å². The fraction of sp³-hybridized carbons (Fsp3) is 0.536. The van der Waals surface area contributed by atoms with Crippen molar-refractivity contribution in [3.63, 3.8) is 0 Å². The summed E-state index contributed by atoms with van der Waals surface area (Å²) >= 11 is 0. The molecule has 0 atom stereocenters. The quantitative estimate of drug-likeness (QED) is 0.638. The van der Waals surface area contributed by atoms with Crippen LogP contribution in [-0.4, -0.2) is 72.5 Å². The maximum atomic E-state index is 12.8. The minimum atomic E-state index is 0.274. The Morgan fingerprint density at radius 3 is 2.36 bits per heavy atom. The minimum Gasteiger partial charge on any atom is -0.494 e. The minimum absolute atomic E-state index is 0.274. The average Bonchev–Trinajstić information content (AvgIpc) is 2.85. The van der Waals surface area contributed by atoms with Crippen LogP contribution in [0.15, 0.2) is 42.5 Å². The third-order valence-corrected chi connectivity index (χ3v) is 6.53. The summed E-state index contributed by atoms with van der Waals surface area (Å²) in [6.45, 7) is 17.1. The molecule has 0 aliphatic carbocycles. The fourth-order valence-corrected chi connectivity index (χ4v) is 4.64. The Hall–Kier alpha value is -2.37. The molecule has 0 bridgehead atoms. The van der Waals surface area contributed by atoms with E-state index in [1.807, 2.05) is 37.8 Å². The Morgan fingerprint density at radius 2 is 1.67 bits per heavy atom. The lowest BCUT2D eigenvalue weighted by Gasteiger charge is -2.38. The number of fused-ring (bicyclic) bond motifs is 1. The Balaban J connectivity index is 0.00000149. The second kappa shape index (κ2) is 12.2. The number of ether oxygens (including phenoxy) is 1. The van der Waals surface area contributed by atoms with Gasteiger partial charge in [-0.3, -0.25) is 14.6 Å². The lowest BCUT2D eigenvalue weighted by atomic mass is 9.94. The van der Waals surface area contributed by atoms with Gasteiger partial charge in [0.1, 0.15) is 5.75 Å². The van der Waals surface area contributed by atoms with Gasteiger partial charge < -0.3 is 9.64 Å². The van der Waals surface area contributed by atoms with Gasteiger partial charge >= 0.3 is 0 Å². The first-order valence-electron chi connectivity index (χ1n) is 12.6. The van der Waals surface area contributed by atoms with Gasteiger partial charge in [0.25, 0.3) is 0 Å². The third kappa shape index (κ3) is 6.58. The molecule has 1 fully saturated rings. The molecule has 1 saturated heterocycles.